The minimum atomic E-state index is 0.129. The number of hydrogen-bond donors (Lipinski definition) is 1. The van der Waals surface area contributed by atoms with Crippen molar-refractivity contribution >= 4 is 17.3 Å². The molecule has 0 aromatic heterocycles. The van der Waals surface area contributed by atoms with E-state index in [4.69, 9.17) is 10.5 Å². The van der Waals surface area contributed by atoms with Gasteiger partial charge in [0.05, 0.1) is 19.3 Å². The minimum absolute atomic E-state index is 0.129. The number of amides is 1. The van der Waals surface area contributed by atoms with Crippen LogP contribution in [0.4, 0.5) is 11.4 Å². The van der Waals surface area contributed by atoms with Crippen molar-refractivity contribution in [2.75, 3.05) is 44.4 Å². The molecular weight excluding hydrogens is 254 g/mol. The normalized spacial score (nSPS) is 13.7. The summed E-state index contributed by atoms with van der Waals surface area (Å²) in [5.41, 5.74) is 8.58. The highest BCUT2D eigenvalue weighted by atomic mass is 16.5. The van der Waals surface area contributed by atoms with Crippen LogP contribution in [0.3, 0.4) is 0 Å². The second-order valence-corrected chi connectivity index (χ2v) is 5.26. The first kappa shape index (κ1) is 14.7. The Morgan fingerprint density at radius 1 is 1.50 bits per heavy atom. The van der Waals surface area contributed by atoms with Crippen LogP contribution in [0.5, 0.6) is 5.75 Å². The van der Waals surface area contributed by atoms with Gasteiger partial charge in [-0.15, -0.1) is 0 Å². The molecule has 20 heavy (non-hydrogen) atoms. The molecule has 5 heteroatoms. The van der Waals surface area contributed by atoms with E-state index in [1.165, 1.54) is 0 Å². The molecule has 2 rings (SSSR count). The van der Waals surface area contributed by atoms with Gasteiger partial charge in [0.15, 0.2) is 0 Å². The first-order valence-corrected chi connectivity index (χ1v) is 7.02. The van der Waals surface area contributed by atoms with Crippen molar-refractivity contribution in [2.24, 2.45) is 0 Å². The SMILES string of the molecule is CCCN(C)CC(=O)N1CCc2cc(OC)c(N)cc21. The highest BCUT2D eigenvalue weighted by Gasteiger charge is 2.26. The largest absolute Gasteiger partial charge is 0.495 e. The Labute approximate surface area is 120 Å². The van der Waals surface area contributed by atoms with Crippen molar-refractivity contribution in [3.63, 3.8) is 0 Å². The van der Waals surface area contributed by atoms with Crippen molar-refractivity contribution in [1.29, 1.82) is 0 Å². The highest BCUT2D eigenvalue weighted by molar-refractivity contribution is 5.97. The number of nitrogen functional groups attached to an aromatic ring is 1. The van der Waals surface area contributed by atoms with Crippen LogP contribution in [0.1, 0.15) is 18.9 Å². The summed E-state index contributed by atoms with van der Waals surface area (Å²) in [5, 5.41) is 0. The molecule has 2 N–H and O–H groups in total. The van der Waals surface area contributed by atoms with Gasteiger partial charge in [-0.2, -0.15) is 0 Å². The number of nitrogens with two attached hydrogens (primary N) is 1. The molecule has 0 spiro atoms. The monoisotopic (exact) mass is 277 g/mol. The number of carbonyl (C=O) groups excluding carboxylic acids is 1. The van der Waals surface area contributed by atoms with Crippen molar-refractivity contribution < 1.29 is 9.53 Å². The topological polar surface area (TPSA) is 58.8 Å². The van der Waals surface area contributed by atoms with E-state index in [1.54, 1.807) is 7.11 Å². The van der Waals surface area contributed by atoms with Gasteiger partial charge in [-0.1, -0.05) is 6.92 Å². The van der Waals surface area contributed by atoms with Crippen LogP contribution in [0, 0.1) is 0 Å². The molecule has 0 saturated heterocycles. The number of nitrogens with zero attached hydrogens (tertiary/aromatic N) is 2. The predicted octanol–water partition coefficient (Wildman–Crippen LogP) is 1.51. The molecular formula is C15H23N3O2. The van der Waals surface area contributed by atoms with Gasteiger partial charge >= 0.3 is 0 Å². The smallest absolute Gasteiger partial charge is 0.241 e. The molecule has 1 aliphatic heterocycles. The van der Waals surface area contributed by atoms with Gasteiger partial charge in [-0.25, -0.2) is 0 Å². The third-order valence-corrected chi connectivity index (χ3v) is 3.64. The summed E-state index contributed by atoms with van der Waals surface area (Å²) in [5.74, 6) is 0.811. The third kappa shape index (κ3) is 2.88. The van der Waals surface area contributed by atoms with E-state index < -0.39 is 0 Å². The Morgan fingerprint density at radius 3 is 2.90 bits per heavy atom. The zero-order valence-corrected chi connectivity index (χ0v) is 12.5. The molecule has 0 bridgehead atoms. The van der Waals surface area contributed by atoms with Crippen LogP contribution in [-0.4, -0.2) is 44.6 Å². The summed E-state index contributed by atoms with van der Waals surface area (Å²) < 4.78 is 5.23. The molecule has 0 unspecified atom stereocenters. The summed E-state index contributed by atoms with van der Waals surface area (Å²) in [6.07, 6.45) is 1.90. The number of carbonyl (C=O) groups is 1. The molecule has 1 heterocycles. The first-order valence-electron chi connectivity index (χ1n) is 7.02. The van der Waals surface area contributed by atoms with Crippen molar-refractivity contribution in [2.45, 2.75) is 19.8 Å². The van der Waals surface area contributed by atoms with E-state index >= 15 is 0 Å². The fourth-order valence-electron chi connectivity index (χ4n) is 2.64. The van der Waals surface area contributed by atoms with Gasteiger partial charge in [0, 0.05) is 12.2 Å². The van der Waals surface area contributed by atoms with Crippen LogP contribution in [0.15, 0.2) is 12.1 Å². The number of anilines is 2. The Hall–Kier alpha value is -1.75. The molecule has 110 valence electrons. The van der Waals surface area contributed by atoms with Gasteiger partial charge in [0.25, 0.3) is 0 Å². The Morgan fingerprint density at radius 2 is 2.25 bits per heavy atom. The van der Waals surface area contributed by atoms with Crippen LogP contribution in [0.2, 0.25) is 0 Å². The highest BCUT2D eigenvalue weighted by Crippen LogP contribution is 2.35. The van der Waals surface area contributed by atoms with E-state index in [9.17, 15) is 4.79 Å². The fraction of sp³-hybridized carbons (Fsp3) is 0.533. The molecule has 1 aliphatic rings. The zero-order chi connectivity index (χ0) is 14.7. The predicted molar refractivity (Wildman–Crippen MR) is 81.3 cm³/mol. The van der Waals surface area contributed by atoms with Gasteiger partial charge in [-0.05, 0) is 44.1 Å². The van der Waals surface area contributed by atoms with Gasteiger partial charge in [-0.3, -0.25) is 9.69 Å². The molecule has 0 aliphatic carbocycles. The quantitative estimate of drug-likeness (QED) is 0.829. The molecule has 1 aromatic carbocycles. The summed E-state index contributed by atoms with van der Waals surface area (Å²) in [7, 11) is 3.58. The minimum Gasteiger partial charge on any atom is -0.495 e. The number of ether oxygens (including phenoxy) is 1. The maximum Gasteiger partial charge on any atom is 0.241 e. The lowest BCUT2D eigenvalue weighted by atomic mass is 10.1. The molecule has 1 amide bonds. The van der Waals surface area contributed by atoms with Crippen LogP contribution in [0.25, 0.3) is 0 Å². The number of rotatable bonds is 5. The van der Waals surface area contributed by atoms with E-state index in [0.29, 0.717) is 18.0 Å². The second-order valence-electron chi connectivity index (χ2n) is 5.26. The van der Waals surface area contributed by atoms with Gasteiger partial charge < -0.3 is 15.4 Å². The summed E-state index contributed by atoms with van der Waals surface area (Å²) in [4.78, 5) is 16.3. The Bertz CT molecular complexity index is 502. The summed E-state index contributed by atoms with van der Waals surface area (Å²) in [6.45, 7) is 4.20. The van der Waals surface area contributed by atoms with Crippen LogP contribution >= 0.6 is 0 Å². The van der Waals surface area contributed by atoms with Gasteiger partial charge in [0.2, 0.25) is 5.91 Å². The molecule has 0 radical (unpaired) electrons. The average molecular weight is 277 g/mol. The van der Waals surface area contributed by atoms with Crippen molar-refractivity contribution in [1.82, 2.24) is 4.90 Å². The van der Waals surface area contributed by atoms with Crippen molar-refractivity contribution in [3.8, 4) is 5.75 Å². The van der Waals surface area contributed by atoms with E-state index in [0.717, 1.165) is 37.2 Å². The number of benzene rings is 1. The Kier molecular flexibility index (Phi) is 4.49. The third-order valence-electron chi connectivity index (χ3n) is 3.64. The van der Waals surface area contributed by atoms with Crippen molar-refractivity contribution in [3.05, 3.63) is 17.7 Å². The van der Waals surface area contributed by atoms with Crippen LogP contribution in [-0.2, 0) is 11.2 Å². The lowest BCUT2D eigenvalue weighted by molar-refractivity contribution is -0.119. The summed E-state index contributed by atoms with van der Waals surface area (Å²) in [6, 6.07) is 3.78. The lowest BCUT2D eigenvalue weighted by Gasteiger charge is -2.22. The maximum absolute atomic E-state index is 12.4. The number of likely N-dealkylation sites (N-methyl/N-ethyl adjacent to an activating group) is 1. The number of fused-ring (bicyclic) bond motifs is 1. The van der Waals surface area contributed by atoms with E-state index in [-0.39, 0.29) is 5.91 Å². The molecule has 1 aromatic rings. The number of hydrogen-bond acceptors (Lipinski definition) is 4. The van der Waals surface area contributed by atoms with Crippen LogP contribution < -0.4 is 15.4 Å². The second kappa shape index (κ2) is 6.13. The maximum atomic E-state index is 12.4. The fourth-order valence-corrected chi connectivity index (χ4v) is 2.64. The summed E-state index contributed by atoms with van der Waals surface area (Å²) >= 11 is 0. The molecule has 5 nitrogen and oxygen atoms in total. The molecule has 0 saturated carbocycles. The zero-order valence-electron chi connectivity index (χ0n) is 12.5. The lowest BCUT2D eigenvalue weighted by Crippen LogP contribution is -2.38. The standard InChI is InChI=1S/C15H23N3O2/c1-4-6-17(2)10-15(19)18-7-5-11-8-14(20-3)12(16)9-13(11)18/h8-9H,4-7,10,16H2,1-3H3. The molecule has 0 fully saturated rings. The number of methoxy groups -OCH3 is 1. The Balaban J connectivity index is 2.15. The van der Waals surface area contributed by atoms with Gasteiger partial charge in [0.1, 0.15) is 5.75 Å². The first-order chi connectivity index (χ1) is 9.56. The molecule has 0 atom stereocenters. The van der Waals surface area contributed by atoms with E-state index in [2.05, 4.69) is 6.92 Å². The average Bonchev–Trinajstić information content (AvgIpc) is 2.80. The van der Waals surface area contributed by atoms with E-state index in [1.807, 2.05) is 29.0 Å².